The monoisotopic (exact) mass is 281 g/mol. The van der Waals surface area contributed by atoms with Gasteiger partial charge in [-0.25, -0.2) is 8.78 Å². The summed E-state index contributed by atoms with van der Waals surface area (Å²) < 4.78 is 28.5. The van der Waals surface area contributed by atoms with Crippen LogP contribution in [0.5, 0.6) is 0 Å². The number of aliphatic hydroxyl groups is 1. The molecule has 3 rings (SSSR count). The molecule has 2 aliphatic heterocycles. The fourth-order valence-corrected chi connectivity index (χ4v) is 3.48. The topological polar surface area (TPSA) is 73.3 Å². The van der Waals surface area contributed by atoms with Gasteiger partial charge in [0.2, 0.25) is 0 Å². The van der Waals surface area contributed by atoms with Crippen molar-refractivity contribution in [1.82, 2.24) is 0 Å². The molecule has 2 atom stereocenters. The maximum Gasteiger partial charge on any atom is 0.150 e. The molecule has 1 aromatic carbocycles. The van der Waals surface area contributed by atoms with Crippen molar-refractivity contribution in [2.75, 3.05) is 4.90 Å². The molecule has 2 saturated heterocycles. The number of nitrogens with two attached hydrogens (primary N) is 1. The lowest BCUT2D eigenvalue weighted by Gasteiger charge is -2.39. The maximum atomic E-state index is 14.2. The normalized spacial score (nSPS) is 28.8. The van der Waals surface area contributed by atoms with Gasteiger partial charge in [-0.3, -0.25) is 5.41 Å². The predicted molar refractivity (Wildman–Crippen MR) is 71.9 cm³/mol. The second-order valence-corrected chi connectivity index (χ2v) is 5.62. The van der Waals surface area contributed by atoms with Crippen LogP contribution in [0.1, 0.15) is 31.2 Å². The van der Waals surface area contributed by atoms with Gasteiger partial charge in [-0.1, -0.05) is 0 Å². The van der Waals surface area contributed by atoms with Gasteiger partial charge < -0.3 is 15.7 Å². The van der Waals surface area contributed by atoms with Crippen molar-refractivity contribution in [3.05, 3.63) is 29.3 Å². The molecule has 0 spiro atoms. The number of benzene rings is 1. The lowest BCUT2D eigenvalue weighted by atomic mass is 9.98. The highest BCUT2D eigenvalue weighted by atomic mass is 19.1. The third-order valence-electron chi connectivity index (χ3n) is 4.29. The van der Waals surface area contributed by atoms with E-state index >= 15 is 0 Å². The number of piperidine rings is 1. The fraction of sp³-hybridized carbons (Fsp3) is 0.500. The molecule has 2 unspecified atom stereocenters. The predicted octanol–water partition coefficient (Wildman–Crippen LogP) is 1.74. The standard InChI is InChI=1S/C14H17F2N3O/c15-11-3-7(14(17)18)4-12(16)13(11)19-8-1-2-9(19)6-10(20)5-8/h3-4,8-10,20H,1-2,5-6H2,(H3,17,18). The minimum atomic E-state index is -0.691. The number of hydrogen-bond acceptors (Lipinski definition) is 3. The summed E-state index contributed by atoms with van der Waals surface area (Å²) in [7, 11) is 0. The van der Waals surface area contributed by atoms with Crippen molar-refractivity contribution >= 4 is 11.5 Å². The first kappa shape index (κ1) is 13.3. The summed E-state index contributed by atoms with van der Waals surface area (Å²) in [4.78, 5) is 1.77. The molecule has 2 bridgehead atoms. The Balaban J connectivity index is 2.01. The molecule has 1 aromatic rings. The minimum absolute atomic E-state index is 0.0177. The summed E-state index contributed by atoms with van der Waals surface area (Å²) in [6.07, 6.45) is 2.39. The highest BCUT2D eigenvalue weighted by molar-refractivity contribution is 5.95. The zero-order chi connectivity index (χ0) is 14.4. The van der Waals surface area contributed by atoms with E-state index in [0.717, 1.165) is 25.0 Å². The Bertz CT molecular complexity index is 526. The molecule has 2 heterocycles. The molecule has 20 heavy (non-hydrogen) atoms. The van der Waals surface area contributed by atoms with Gasteiger partial charge in [-0.2, -0.15) is 0 Å². The molecule has 4 nitrogen and oxygen atoms in total. The van der Waals surface area contributed by atoms with Crippen LogP contribution in [0.2, 0.25) is 0 Å². The first-order valence-corrected chi connectivity index (χ1v) is 6.77. The van der Waals surface area contributed by atoms with Crippen LogP contribution in [0.25, 0.3) is 0 Å². The smallest absolute Gasteiger partial charge is 0.150 e. The zero-order valence-electron chi connectivity index (χ0n) is 10.9. The second-order valence-electron chi connectivity index (χ2n) is 5.62. The molecule has 2 aliphatic rings. The zero-order valence-corrected chi connectivity index (χ0v) is 10.9. The number of anilines is 1. The molecule has 0 amide bonds. The summed E-state index contributed by atoms with van der Waals surface area (Å²) in [6.45, 7) is 0. The average molecular weight is 281 g/mol. The van der Waals surface area contributed by atoms with E-state index in [1.807, 2.05) is 0 Å². The van der Waals surface area contributed by atoms with Crippen LogP contribution in [0, 0.1) is 17.0 Å². The Morgan fingerprint density at radius 2 is 1.70 bits per heavy atom. The number of aliphatic hydroxyl groups excluding tert-OH is 1. The van der Waals surface area contributed by atoms with Crippen LogP contribution in [0.3, 0.4) is 0 Å². The van der Waals surface area contributed by atoms with Crippen LogP contribution >= 0.6 is 0 Å². The van der Waals surface area contributed by atoms with Crippen molar-refractivity contribution < 1.29 is 13.9 Å². The third kappa shape index (κ3) is 2.04. The van der Waals surface area contributed by atoms with Crippen molar-refractivity contribution in [1.29, 1.82) is 5.41 Å². The maximum absolute atomic E-state index is 14.2. The number of hydrogen-bond donors (Lipinski definition) is 3. The quantitative estimate of drug-likeness (QED) is 0.571. The molecule has 0 aromatic heterocycles. The second kappa shape index (κ2) is 4.70. The number of nitrogen functional groups attached to an aromatic ring is 1. The number of halogens is 2. The van der Waals surface area contributed by atoms with Crippen LogP contribution in [0.4, 0.5) is 14.5 Å². The van der Waals surface area contributed by atoms with Gasteiger partial charge in [-0.05, 0) is 37.8 Å². The molecule has 4 N–H and O–H groups in total. The van der Waals surface area contributed by atoms with Gasteiger partial charge >= 0.3 is 0 Å². The Morgan fingerprint density at radius 3 is 2.15 bits per heavy atom. The molecular weight excluding hydrogens is 264 g/mol. The summed E-state index contributed by atoms with van der Waals surface area (Å²) in [5, 5.41) is 17.0. The van der Waals surface area contributed by atoms with Crippen molar-refractivity contribution in [3.8, 4) is 0 Å². The van der Waals surface area contributed by atoms with E-state index in [4.69, 9.17) is 11.1 Å². The Kier molecular flexibility index (Phi) is 3.12. The molecule has 6 heteroatoms. The summed E-state index contributed by atoms with van der Waals surface area (Å²) in [5.41, 5.74) is 5.27. The SMILES string of the molecule is N=C(N)c1cc(F)c(N2C3CCC2CC(O)C3)c(F)c1. The van der Waals surface area contributed by atoms with Crippen LogP contribution in [0.15, 0.2) is 12.1 Å². The lowest BCUT2D eigenvalue weighted by molar-refractivity contribution is 0.125. The van der Waals surface area contributed by atoms with Crippen molar-refractivity contribution in [3.63, 3.8) is 0 Å². The first-order valence-electron chi connectivity index (χ1n) is 6.77. The minimum Gasteiger partial charge on any atom is -0.393 e. The number of nitrogens with one attached hydrogen (secondary N) is 1. The number of nitrogens with zero attached hydrogens (tertiary/aromatic N) is 1. The third-order valence-corrected chi connectivity index (χ3v) is 4.29. The van der Waals surface area contributed by atoms with Crippen molar-refractivity contribution in [2.45, 2.75) is 43.9 Å². The van der Waals surface area contributed by atoms with Gasteiger partial charge in [0.05, 0.1) is 6.10 Å². The van der Waals surface area contributed by atoms with Gasteiger partial charge in [0.15, 0.2) is 0 Å². The number of rotatable bonds is 2. The Hall–Kier alpha value is -1.69. The highest BCUT2D eigenvalue weighted by Crippen LogP contribution is 2.41. The van der Waals surface area contributed by atoms with E-state index in [2.05, 4.69) is 0 Å². The Morgan fingerprint density at radius 1 is 1.20 bits per heavy atom. The van der Waals surface area contributed by atoms with E-state index in [0.29, 0.717) is 12.8 Å². The molecule has 108 valence electrons. The fourth-order valence-electron chi connectivity index (χ4n) is 3.48. The van der Waals surface area contributed by atoms with E-state index in [1.54, 1.807) is 4.90 Å². The van der Waals surface area contributed by atoms with Crippen LogP contribution < -0.4 is 10.6 Å². The van der Waals surface area contributed by atoms with Crippen LogP contribution in [-0.2, 0) is 0 Å². The molecule has 0 aliphatic carbocycles. The molecule has 2 fully saturated rings. The van der Waals surface area contributed by atoms with Gasteiger partial charge in [0.1, 0.15) is 23.2 Å². The lowest BCUT2D eigenvalue weighted by Crippen LogP contribution is -2.45. The van der Waals surface area contributed by atoms with Crippen molar-refractivity contribution in [2.24, 2.45) is 5.73 Å². The summed E-state index contributed by atoms with van der Waals surface area (Å²) in [6, 6.07) is 2.17. The molecular formula is C14H17F2N3O. The van der Waals surface area contributed by atoms with Gasteiger partial charge in [-0.15, -0.1) is 0 Å². The molecule has 0 radical (unpaired) electrons. The highest BCUT2D eigenvalue weighted by Gasteiger charge is 2.42. The van der Waals surface area contributed by atoms with Crippen LogP contribution in [-0.4, -0.2) is 29.1 Å². The van der Waals surface area contributed by atoms with E-state index < -0.39 is 11.6 Å². The average Bonchev–Trinajstić information content (AvgIpc) is 2.62. The van der Waals surface area contributed by atoms with Gasteiger partial charge in [0, 0.05) is 17.6 Å². The molecule has 0 saturated carbocycles. The summed E-state index contributed by atoms with van der Waals surface area (Å²) >= 11 is 0. The number of fused-ring (bicyclic) bond motifs is 2. The largest absolute Gasteiger partial charge is 0.393 e. The Labute approximate surface area is 115 Å². The summed E-state index contributed by atoms with van der Waals surface area (Å²) in [5.74, 6) is -1.74. The van der Waals surface area contributed by atoms with E-state index in [-0.39, 0.29) is 35.3 Å². The first-order chi connectivity index (χ1) is 9.47. The van der Waals surface area contributed by atoms with E-state index in [9.17, 15) is 13.9 Å². The number of amidine groups is 1. The van der Waals surface area contributed by atoms with E-state index in [1.165, 1.54) is 0 Å². The van der Waals surface area contributed by atoms with Gasteiger partial charge in [0.25, 0.3) is 0 Å².